The van der Waals surface area contributed by atoms with E-state index < -0.39 is 0 Å². The molecule has 0 aromatic carbocycles. The molecular formula is C16H22N6O. The first-order valence-corrected chi connectivity index (χ1v) is 7.92. The molecule has 7 heteroatoms. The summed E-state index contributed by atoms with van der Waals surface area (Å²) in [4.78, 5) is 11.1. The van der Waals surface area contributed by atoms with E-state index in [1.165, 1.54) is 0 Å². The molecule has 2 aromatic heterocycles. The van der Waals surface area contributed by atoms with Crippen molar-refractivity contribution in [3.8, 4) is 5.82 Å². The zero-order chi connectivity index (χ0) is 16.1. The van der Waals surface area contributed by atoms with E-state index in [2.05, 4.69) is 25.3 Å². The lowest BCUT2D eigenvalue weighted by atomic mass is 10.2. The van der Waals surface area contributed by atoms with Crippen LogP contribution in [0.15, 0.2) is 41.8 Å². The number of aliphatic hydroxyl groups excluding tert-OH is 1. The van der Waals surface area contributed by atoms with E-state index in [4.69, 9.17) is 0 Å². The summed E-state index contributed by atoms with van der Waals surface area (Å²) in [6.07, 6.45) is 5.91. The first kappa shape index (κ1) is 15.5. The zero-order valence-corrected chi connectivity index (χ0v) is 13.3. The quantitative estimate of drug-likeness (QED) is 0.645. The molecule has 3 rings (SSSR count). The highest BCUT2D eigenvalue weighted by Crippen LogP contribution is 2.11. The molecular weight excluding hydrogens is 292 g/mol. The van der Waals surface area contributed by atoms with Crippen LogP contribution in [0.1, 0.15) is 18.9 Å². The van der Waals surface area contributed by atoms with Gasteiger partial charge in [-0.05, 0) is 37.1 Å². The molecule has 122 valence electrons. The molecule has 1 fully saturated rings. The molecule has 1 saturated heterocycles. The molecule has 1 aliphatic heterocycles. The summed E-state index contributed by atoms with van der Waals surface area (Å²) in [5, 5.41) is 17.2. The lowest BCUT2D eigenvalue weighted by molar-refractivity contribution is 0.188. The fourth-order valence-electron chi connectivity index (χ4n) is 2.61. The second kappa shape index (κ2) is 7.23. The van der Waals surface area contributed by atoms with Crippen molar-refractivity contribution in [3.63, 3.8) is 0 Å². The Morgan fingerprint density at radius 2 is 2.39 bits per heavy atom. The highest BCUT2D eigenvalue weighted by Gasteiger charge is 2.22. The SMILES string of the molecule is CCNC(=NCc1ccnc(-n2cccn2)c1)N1CC[C@@H](O)C1. The minimum atomic E-state index is -0.258. The Hall–Kier alpha value is -2.41. The van der Waals surface area contributed by atoms with E-state index in [-0.39, 0.29) is 6.10 Å². The molecule has 1 atom stereocenters. The molecule has 0 radical (unpaired) electrons. The summed E-state index contributed by atoms with van der Waals surface area (Å²) in [6.45, 7) is 4.89. The van der Waals surface area contributed by atoms with Crippen LogP contribution in [0.25, 0.3) is 5.82 Å². The average molecular weight is 314 g/mol. The third-order valence-electron chi connectivity index (χ3n) is 3.76. The van der Waals surface area contributed by atoms with Gasteiger partial charge in [0, 0.05) is 38.2 Å². The van der Waals surface area contributed by atoms with Gasteiger partial charge in [-0.2, -0.15) is 5.10 Å². The van der Waals surface area contributed by atoms with Gasteiger partial charge in [-0.1, -0.05) is 0 Å². The number of rotatable bonds is 4. The predicted molar refractivity (Wildman–Crippen MR) is 88.4 cm³/mol. The van der Waals surface area contributed by atoms with E-state index in [0.29, 0.717) is 13.1 Å². The van der Waals surface area contributed by atoms with E-state index in [1.807, 2.05) is 31.3 Å². The van der Waals surface area contributed by atoms with Crippen LogP contribution in [0.2, 0.25) is 0 Å². The highest BCUT2D eigenvalue weighted by molar-refractivity contribution is 5.80. The molecule has 3 heterocycles. The molecule has 0 bridgehead atoms. The standard InChI is InChI=1S/C16H22N6O/c1-2-17-16(21-9-5-14(23)12-21)19-11-13-4-7-18-15(10-13)22-8-3-6-20-22/h3-4,6-8,10,14,23H,2,5,9,11-12H2,1H3,(H,17,19)/t14-/m1/s1. The maximum absolute atomic E-state index is 9.70. The van der Waals surface area contributed by atoms with Gasteiger partial charge >= 0.3 is 0 Å². The van der Waals surface area contributed by atoms with Crippen molar-refractivity contribution >= 4 is 5.96 Å². The molecule has 1 aliphatic rings. The number of pyridine rings is 1. The Morgan fingerprint density at radius 1 is 1.48 bits per heavy atom. The van der Waals surface area contributed by atoms with Crippen molar-refractivity contribution in [2.45, 2.75) is 26.0 Å². The number of aliphatic hydroxyl groups is 1. The van der Waals surface area contributed by atoms with Crippen molar-refractivity contribution < 1.29 is 5.11 Å². The number of hydrogen-bond donors (Lipinski definition) is 2. The summed E-state index contributed by atoms with van der Waals surface area (Å²) in [6, 6.07) is 5.81. The van der Waals surface area contributed by atoms with Crippen LogP contribution < -0.4 is 5.32 Å². The normalized spacial score (nSPS) is 18.4. The molecule has 0 amide bonds. The predicted octanol–water partition coefficient (Wildman–Crippen LogP) is 0.799. The van der Waals surface area contributed by atoms with Gasteiger partial charge in [0.15, 0.2) is 11.8 Å². The van der Waals surface area contributed by atoms with Gasteiger partial charge in [0.2, 0.25) is 0 Å². The van der Waals surface area contributed by atoms with E-state index in [9.17, 15) is 5.11 Å². The van der Waals surface area contributed by atoms with Gasteiger partial charge in [0.05, 0.1) is 12.6 Å². The number of guanidine groups is 1. The van der Waals surface area contributed by atoms with Crippen LogP contribution in [0.5, 0.6) is 0 Å². The summed E-state index contributed by atoms with van der Waals surface area (Å²) >= 11 is 0. The van der Waals surface area contributed by atoms with Crippen LogP contribution in [-0.4, -0.2) is 56.5 Å². The van der Waals surface area contributed by atoms with Gasteiger partial charge in [0.1, 0.15) is 0 Å². The Bertz CT molecular complexity index is 654. The zero-order valence-electron chi connectivity index (χ0n) is 13.3. The minimum Gasteiger partial charge on any atom is -0.391 e. The number of likely N-dealkylation sites (tertiary alicyclic amines) is 1. The van der Waals surface area contributed by atoms with Crippen molar-refractivity contribution in [2.24, 2.45) is 4.99 Å². The van der Waals surface area contributed by atoms with Gasteiger partial charge in [-0.15, -0.1) is 0 Å². The van der Waals surface area contributed by atoms with Crippen molar-refractivity contribution in [2.75, 3.05) is 19.6 Å². The van der Waals surface area contributed by atoms with Crippen LogP contribution in [-0.2, 0) is 6.54 Å². The van der Waals surface area contributed by atoms with Crippen LogP contribution in [0, 0.1) is 0 Å². The van der Waals surface area contributed by atoms with Crippen molar-refractivity contribution in [1.82, 2.24) is 25.0 Å². The van der Waals surface area contributed by atoms with Crippen molar-refractivity contribution in [1.29, 1.82) is 0 Å². The molecule has 2 N–H and O–H groups in total. The Morgan fingerprint density at radius 3 is 3.09 bits per heavy atom. The fraction of sp³-hybridized carbons (Fsp3) is 0.438. The summed E-state index contributed by atoms with van der Waals surface area (Å²) in [7, 11) is 0. The monoisotopic (exact) mass is 314 g/mol. The van der Waals surface area contributed by atoms with E-state index in [1.54, 1.807) is 17.1 Å². The smallest absolute Gasteiger partial charge is 0.194 e. The fourth-order valence-corrected chi connectivity index (χ4v) is 2.61. The summed E-state index contributed by atoms with van der Waals surface area (Å²) in [5.74, 6) is 1.63. The molecule has 0 spiro atoms. The molecule has 23 heavy (non-hydrogen) atoms. The van der Waals surface area contributed by atoms with Crippen LogP contribution in [0.4, 0.5) is 0 Å². The number of β-amino-alcohol motifs (C(OH)–C–C–N with tert-alkyl or cyclic N) is 1. The minimum absolute atomic E-state index is 0.258. The first-order valence-electron chi connectivity index (χ1n) is 7.92. The number of nitrogens with zero attached hydrogens (tertiary/aromatic N) is 5. The Labute approximate surface area is 135 Å². The second-order valence-electron chi connectivity index (χ2n) is 5.53. The first-order chi connectivity index (χ1) is 11.3. The van der Waals surface area contributed by atoms with Gasteiger partial charge in [0.25, 0.3) is 0 Å². The summed E-state index contributed by atoms with van der Waals surface area (Å²) < 4.78 is 1.73. The maximum atomic E-state index is 9.70. The number of aromatic nitrogens is 3. The third-order valence-corrected chi connectivity index (χ3v) is 3.76. The second-order valence-corrected chi connectivity index (χ2v) is 5.53. The highest BCUT2D eigenvalue weighted by atomic mass is 16.3. The molecule has 0 unspecified atom stereocenters. The van der Waals surface area contributed by atoms with E-state index in [0.717, 1.165) is 36.9 Å². The van der Waals surface area contributed by atoms with Crippen LogP contribution in [0.3, 0.4) is 0 Å². The van der Waals surface area contributed by atoms with Gasteiger partial charge < -0.3 is 15.3 Å². The topological polar surface area (TPSA) is 78.6 Å². The Balaban J connectivity index is 1.73. The number of nitrogens with one attached hydrogen (secondary N) is 1. The van der Waals surface area contributed by atoms with Crippen molar-refractivity contribution in [3.05, 3.63) is 42.4 Å². The lowest BCUT2D eigenvalue weighted by Gasteiger charge is -2.20. The maximum Gasteiger partial charge on any atom is 0.194 e. The molecule has 0 saturated carbocycles. The van der Waals surface area contributed by atoms with Crippen LogP contribution >= 0.6 is 0 Å². The van der Waals surface area contributed by atoms with Gasteiger partial charge in [-0.25, -0.2) is 14.7 Å². The molecule has 2 aromatic rings. The van der Waals surface area contributed by atoms with Gasteiger partial charge in [-0.3, -0.25) is 0 Å². The largest absolute Gasteiger partial charge is 0.391 e. The number of aliphatic imine (C=N–C) groups is 1. The Kier molecular flexibility index (Phi) is 4.87. The molecule has 7 nitrogen and oxygen atoms in total. The number of hydrogen-bond acceptors (Lipinski definition) is 4. The molecule has 0 aliphatic carbocycles. The lowest BCUT2D eigenvalue weighted by Crippen LogP contribution is -2.40. The third kappa shape index (κ3) is 3.87. The summed E-state index contributed by atoms with van der Waals surface area (Å²) in [5.41, 5.74) is 1.07. The average Bonchev–Trinajstić information content (AvgIpc) is 3.23. The van der Waals surface area contributed by atoms with E-state index >= 15 is 0 Å².